The molecular formula is C13H18N6O. The van der Waals surface area contributed by atoms with Gasteiger partial charge in [0.2, 0.25) is 5.91 Å². The van der Waals surface area contributed by atoms with Crippen LogP contribution in [0.3, 0.4) is 0 Å². The van der Waals surface area contributed by atoms with Crippen LogP contribution in [0.15, 0.2) is 31.1 Å². The van der Waals surface area contributed by atoms with Crippen molar-refractivity contribution >= 4 is 5.91 Å². The molecular weight excluding hydrogens is 256 g/mol. The van der Waals surface area contributed by atoms with Crippen molar-refractivity contribution in [3.63, 3.8) is 0 Å². The second-order valence-electron chi connectivity index (χ2n) is 5.12. The number of rotatable bonds is 3. The summed E-state index contributed by atoms with van der Waals surface area (Å²) in [5.41, 5.74) is 0. The number of piperidine rings is 1. The van der Waals surface area contributed by atoms with E-state index in [0.29, 0.717) is 6.54 Å². The molecule has 0 unspecified atom stereocenters. The zero-order valence-corrected chi connectivity index (χ0v) is 11.5. The van der Waals surface area contributed by atoms with Crippen LogP contribution in [-0.2, 0) is 4.79 Å². The third-order valence-corrected chi connectivity index (χ3v) is 3.80. The van der Waals surface area contributed by atoms with E-state index in [1.807, 2.05) is 28.8 Å². The third kappa shape index (κ3) is 2.43. The lowest BCUT2D eigenvalue weighted by atomic mass is 10.1. The monoisotopic (exact) mass is 274 g/mol. The Bertz CT molecular complexity index is 549. The molecule has 3 heterocycles. The molecule has 2 atom stereocenters. The zero-order valence-electron chi connectivity index (χ0n) is 11.5. The van der Waals surface area contributed by atoms with Crippen LogP contribution in [0.4, 0.5) is 0 Å². The van der Waals surface area contributed by atoms with E-state index in [2.05, 4.69) is 15.2 Å². The quantitative estimate of drug-likeness (QED) is 0.834. The molecule has 1 fully saturated rings. The number of likely N-dealkylation sites (tertiary alicyclic amines) is 1. The first-order chi connectivity index (χ1) is 9.75. The van der Waals surface area contributed by atoms with E-state index >= 15 is 0 Å². The summed E-state index contributed by atoms with van der Waals surface area (Å²) in [6.07, 6.45) is 8.79. The Morgan fingerprint density at radius 1 is 1.40 bits per heavy atom. The Balaban J connectivity index is 1.69. The number of aromatic nitrogens is 5. The fraction of sp³-hybridized carbons (Fsp3) is 0.538. The molecule has 1 aliphatic heterocycles. The Kier molecular flexibility index (Phi) is 3.49. The van der Waals surface area contributed by atoms with Crippen molar-refractivity contribution in [2.75, 3.05) is 13.1 Å². The van der Waals surface area contributed by atoms with Gasteiger partial charge < -0.3 is 4.90 Å². The normalized spacial score (nSPS) is 20.9. The molecule has 0 spiro atoms. The molecule has 0 bridgehead atoms. The van der Waals surface area contributed by atoms with Gasteiger partial charge in [-0.3, -0.25) is 9.48 Å². The maximum Gasteiger partial charge on any atom is 0.247 e. The van der Waals surface area contributed by atoms with Crippen molar-refractivity contribution in [2.45, 2.75) is 31.8 Å². The molecule has 106 valence electrons. The van der Waals surface area contributed by atoms with Gasteiger partial charge in [-0.15, -0.1) is 0 Å². The lowest BCUT2D eigenvalue weighted by molar-refractivity contribution is -0.136. The Labute approximate surface area is 117 Å². The Morgan fingerprint density at radius 3 is 3.00 bits per heavy atom. The fourth-order valence-corrected chi connectivity index (χ4v) is 2.66. The number of carbonyl (C=O) groups is 1. The SMILES string of the molecule is C[C@@H](C(=O)N1CCC[C@@H](n2cncn2)C1)n1cccn1. The molecule has 1 aliphatic rings. The summed E-state index contributed by atoms with van der Waals surface area (Å²) in [6, 6.07) is 1.79. The van der Waals surface area contributed by atoms with Gasteiger partial charge in [0.15, 0.2) is 0 Å². The van der Waals surface area contributed by atoms with Gasteiger partial charge >= 0.3 is 0 Å². The van der Waals surface area contributed by atoms with Crippen LogP contribution >= 0.6 is 0 Å². The van der Waals surface area contributed by atoms with Gasteiger partial charge in [-0.25, -0.2) is 9.67 Å². The Hall–Kier alpha value is -2.18. The minimum atomic E-state index is -0.264. The summed E-state index contributed by atoms with van der Waals surface area (Å²) < 4.78 is 3.54. The fourth-order valence-electron chi connectivity index (χ4n) is 2.66. The van der Waals surface area contributed by atoms with E-state index in [9.17, 15) is 4.79 Å². The molecule has 2 aromatic heterocycles. The van der Waals surface area contributed by atoms with E-state index in [1.54, 1.807) is 17.2 Å². The molecule has 0 aromatic carbocycles. The van der Waals surface area contributed by atoms with Gasteiger partial charge in [0, 0.05) is 25.5 Å². The van der Waals surface area contributed by atoms with Crippen molar-refractivity contribution < 1.29 is 4.79 Å². The molecule has 0 radical (unpaired) electrons. The highest BCUT2D eigenvalue weighted by molar-refractivity contribution is 5.80. The maximum atomic E-state index is 12.5. The van der Waals surface area contributed by atoms with E-state index in [0.717, 1.165) is 19.4 Å². The van der Waals surface area contributed by atoms with E-state index in [1.165, 1.54) is 6.33 Å². The molecule has 3 rings (SSSR count). The number of hydrogen-bond acceptors (Lipinski definition) is 4. The standard InChI is InChI=1S/C13H18N6O/c1-11(18-7-3-5-15-18)13(20)17-6-2-4-12(8-17)19-10-14-9-16-19/h3,5,7,9-12H,2,4,6,8H2,1H3/t11-,12+/m0/s1. The Morgan fingerprint density at radius 2 is 2.30 bits per heavy atom. The summed E-state index contributed by atoms with van der Waals surface area (Å²) in [6.45, 7) is 3.37. The smallest absolute Gasteiger partial charge is 0.247 e. The van der Waals surface area contributed by atoms with Gasteiger partial charge in [0.05, 0.1) is 6.04 Å². The van der Waals surface area contributed by atoms with Crippen molar-refractivity contribution in [3.8, 4) is 0 Å². The van der Waals surface area contributed by atoms with Crippen molar-refractivity contribution in [3.05, 3.63) is 31.1 Å². The summed E-state index contributed by atoms with van der Waals surface area (Å²) >= 11 is 0. The topological polar surface area (TPSA) is 68.8 Å². The van der Waals surface area contributed by atoms with E-state index in [4.69, 9.17) is 0 Å². The van der Waals surface area contributed by atoms with Crippen LogP contribution in [0.2, 0.25) is 0 Å². The largest absolute Gasteiger partial charge is 0.339 e. The number of carbonyl (C=O) groups excluding carboxylic acids is 1. The summed E-state index contributed by atoms with van der Waals surface area (Å²) in [5, 5.41) is 8.32. The number of amides is 1. The highest BCUT2D eigenvalue weighted by atomic mass is 16.2. The second kappa shape index (κ2) is 5.44. The van der Waals surface area contributed by atoms with Crippen molar-refractivity contribution in [2.24, 2.45) is 0 Å². The molecule has 7 heteroatoms. The first kappa shape index (κ1) is 12.8. The minimum absolute atomic E-state index is 0.110. The molecule has 20 heavy (non-hydrogen) atoms. The molecule has 0 aliphatic carbocycles. The second-order valence-corrected chi connectivity index (χ2v) is 5.12. The first-order valence-corrected chi connectivity index (χ1v) is 6.87. The first-order valence-electron chi connectivity index (χ1n) is 6.87. The van der Waals surface area contributed by atoms with Crippen LogP contribution < -0.4 is 0 Å². The zero-order chi connectivity index (χ0) is 13.9. The van der Waals surface area contributed by atoms with E-state index in [-0.39, 0.29) is 18.0 Å². The third-order valence-electron chi connectivity index (χ3n) is 3.80. The molecule has 0 N–H and O–H groups in total. The van der Waals surface area contributed by atoms with Crippen LogP contribution in [0.1, 0.15) is 31.8 Å². The van der Waals surface area contributed by atoms with Gasteiger partial charge in [0.25, 0.3) is 0 Å². The predicted molar refractivity (Wildman–Crippen MR) is 71.8 cm³/mol. The lowest BCUT2D eigenvalue weighted by Crippen LogP contribution is -2.43. The summed E-state index contributed by atoms with van der Waals surface area (Å²) in [7, 11) is 0. The summed E-state index contributed by atoms with van der Waals surface area (Å²) in [4.78, 5) is 18.4. The highest BCUT2D eigenvalue weighted by Crippen LogP contribution is 2.22. The number of nitrogens with zero attached hydrogens (tertiary/aromatic N) is 6. The molecule has 1 saturated heterocycles. The average molecular weight is 274 g/mol. The van der Waals surface area contributed by atoms with Crippen LogP contribution in [0.25, 0.3) is 0 Å². The minimum Gasteiger partial charge on any atom is -0.339 e. The molecule has 2 aromatic rings. The van der Waals surface area contributed by atoms with Gasteiger partial charge in [-0.05, 0) is 25.8 Å². The number of hydrogen-bond donors (Lipinski definition) is 0. The molecule has 0 saturated carbocycles. The summed E-state index contributed by atoms with van der Waals surface area (Å²) in [5.74, 6) is 0.110. The highest BCUT2D eigenvalue weighted by Gasteiger charge is 2.28. The molecule has 1 amide bonds. The predicted octanol–water partition coefficient (Wildman–Crippen LogP) is 0.899. The lowest BCUT2D eigenvalue weighted by Gasteiger charge is -2.34. The van der Waals surface area contributed by atoms with Gasteiger partial charge in [0.1, 0.15) is 18.7 Å². The average Bonchev–Trinajstić information content (AvgIpc) is 3.18. The van der Waals surface area contributed by atoms with E-state index < -0.39 is 0 Å². The van der Waals surface area contributed by atoms with Crippen LogP contribution in [-0.4, -0.2) is 48.4 Å². The van der Waals surface area contributed by atoms with Crippen LogP contribution in [0.5, 0.6) is 0 Å². The van der Waals surface area contributed by atoms with Crippen molar-refractivity contribution in [1.82, 2.24) is 29.4 Å². The molecule has 7 nitrogen and oxygen atoms in total. The van der Waals surface area contributed by atoms with Gasteiger partial charge in [-0.2, -0.15) is 10.2 Å². The maximum absolute atomic E-state index is 12.5. The van der Waals surface area contributed by atoms with Crippen molar-refractivity contribution in [1.29, 1.82) is 0 Å². The van der Waals surface area contributed by atoms with Crippen LogP contribution in [0, 0.1) is 0 Å². The van der Waals surface area contributed by atoms with Gasteiger partial charge in [-0.1, -0.05) is 0 Å².